The highest BCUT2D eigenvalue weighted by atomic mass is 32.2. The average Bonchev–Trinajstić information content (AvgIpc) is 2.56. The Morgan fingerprint density at radius 3 is 2.93 bits per heavy atom. The normalized spacial score (nSPS) is 27.9. The van der Waals surface area contributed by atoms with Crippen LogP contribution in [0, 0.1) is 0 Å². The molecule has 1 aromatic heterocycles. The molecule has 0 aliphatic heterocycles. The SMILES string of the molecule is Cn1ccnc1S[C@@H]1CCCC[C@H]1O. The second-order valence-corrected chi connectivity index (χ2v) is 5.04. The zero-order valence-corrected chi connectivity index (χ0v) is 9.20. The van der Waals surface area contributed by atoms with E-state index in [4.69, 9.17) is 0 Å². The van der Waals surface area contributed by atoms with Gasteiger partial charge in [-0.25, -0.2) is 4.98 Å². The molecule has 0 amide bonds. The number of aryl methyl sites for hydroxylation is 1. The molecule has 0 bridgehead atoms. The van der Waals surface area contributed by atoms with Gasteiger partial charge in [0.15, 0.2) is 5.16 Å². The van der Waals surface area contributed by atoms with Gasteiger partial charge in [0.05, 0.1) is 6.10 Å². The lowest BCUT2D eigenvalue weighted by Crippen LogP contribution is -2.27. The zero-order valence-electron chi connectivity index (χ0n) is 8.39. The first-order chi connectivity index (χ1) is 6.77. The summed E-state index contributed by atoms with van der Waals surface area (Å²) < 4.78 is 2.01. The molecule has 1 aliphatic rings. The molecule has 14 heavy (non-hydrogen) atoms. The number of aliphatic hydroxyl groups excluding tert-OH is 1. The van der Waals surface area contributed by atoms with Gasteiger partial charge in [-0.2, -0.15) is 0 Å². The van der Waals surface area contributed by atoms with Crippen molar-refractivity contribution < 1.29 is 5.11 Å². The predicted octanol–water partition coefficient (Wildman–Crippen LogP) is 1.82. The summed E-state index contributed by atoms with van der Waals surface area (Å²) in [5.74, 6) is 0. The van der Waals surface area contributed by atoms with Crippen molar-refractivity contribution in [2.24, 2.45) is 7.05 Å². The number of rotatable bonds is 2. The van der Waals surface area contributed by atoms with E-state index in [1.54, 1.807) is 18.0 Å². The Kier molecular flexibility index (Phi) is 3.13. The van der Waals surface area contributed by atoms with Crippen LogP contribution in [0.15, 0.2) is 17.6 Å². The molecule has 0 spiro atoms. The van der Waals surface area contributed by atoms with E-state index in [9.17, 15) is 5.11 Å². The smallest absolute Gasteiger partial charge is 0.168 e. The van der Waals surface area contributed by atoms with Gasteiger partial charge in [-0.15, -0.1) is 0 Å². The van der Waals surface area contributed by atoms with E-state index >= 15 is 0 Å². The van der Waals surface area contributed by atoms with Crippen LogP contribution in [-0.4, -0.2) is 26.0 Å². The first-order valence-corrected chi connectivity index (χ1v) is 5.97. The summed E-state index contributed by atoms with van der Waals surface area (Å²) in [6.07, 6.45) is 8.05. The van der Waals surface area contributed by atoms with Crippen molar-refractivity contribution in [2.45, 2.75) is 42.2 Å². The van der Waals surface area contributed by atoms with Crippen molar-refractivity contribution in [1.29, 1.82) is 0 Å². The summed E-state index contributed by atoms with van der Waals surface area (Å²) in [6, 6.07) is 0. The summed E-state index contributed by atoms with van der Waals surface area (Å²) in [6.45, 7) is 0. The molecule has 0 saturated heterocycles. The minimum Gasteiger partial charge on any atom is -0.392 e. The van der Waals surface area contributed by atoms with E-state index in [0.717, 1.165) is 18.0 Å². The molecule has 4 heteroatoms. The van der Waals surface area contributed by atoms with Crippen molar-refractivity contribution in [1.82, 2.24) is 9.55 Å². The van der Waals surface area contributed by atoms with Crippen molar-refractivity contribution in [3.8, 4) is 0 Å². The van der Waals surface area contributed by atoms with Crippen molar-refractivity contribution >= 4 is 11.8 Å². The summed E-state index contributed by atoms with van der Waals surface area (Å²) in [7, 11) is 1.99. The monoisotopic (exact) mass is 212 g/mol. The Labute approximate surface area is 88.5 Å². The minimum absolute atomic E-state index is 0.148. The van der Waals surface area contributed by atoms with Gasteiger partial charge < -0.3 is 9.67 Å². The fourth-order valence-corrected chi connectivity index (χ4v) is 3.01. The molecular formula is C10H16N2OS. The predicted molar refractivity (Wildman–Crippen MR) is 57.3 cm³/mol. The number of hydrogen-bond acceptors (Lipinski definition) is 3. The highest BCUT2D eigenvalue weighted by Crippen LogP contribution is 2.32. The molecule has 78 valence electrons. The lowest BCUT2D eigenvalue weighted by molar-refractivity contribution is 0.137. The van der Waals surface area contributed by atoms with Crippen LogP contribution in [0.3, 0.4) is 0 Å². The molecule has 1 aliphatic carbocycles. The minimum atomic E-state index is -0.148. The van der Waals surface area contributed by atoms with Gasteiger partial charge in [-0.1, -0.05) is 24.6 Å². The third kappa shape index (κ3) is 2.12. The van der Waals surface area contributed by atoms with Crippen LogP contribution >= 0.6 is 11.8 Å². The number of nitrogens with zero attached hydrogens (tertiary/aromatic N) is 2. The first kappa shape index (κ1) is 10.1. The highest BCUT2D eigenvalue weighted by Gasteiger charge is 2.24. The van der Waals surface area contributed by atoms with Gasteiger partial charge in [0.2, 0.25) is 0 Å². The van der Waals surface area contributed by atoms with Gasteiger partial charge in [0.25, 0.3) is 0 Å². The van der Waals surface area contributed by atoms with E-state index < -0.39 is 0 Å². The fraction of sp³-hybridized carbons (Fsp3) is 0.700. The molecule has 1 aromatic rings. The largest absolute Gasteiger partial charge is 0.392 e. The molecule has 0 aromatic carbocycles. The Morgan fingerprint density at radius 1 is 1.50 bits per heavy atom. The number of thioether (sulfide) groups is 1. The van der Waals surface area contributed by atoms with E-state index in [0.29, 0.717) is 5.25 Å². The number of aromatic nitrogens is 2. The molecule has 1 heterocycles. The van der Waals surface area contributed by atoms with Gasteiger partial charge in [0, 0.05) is 24.7 Å². The second-order valence-electron chi connectivity index (χ2n) is 3.83. The number of hydrogen-bond donors (Lipinski definition) is 1. The Morgan fingerprint density at radius 2 is 2.29 bits per heavy atom. The Hall–Kier alpha value is -0.480. The van der Waals surface area contributed by atoms with E-state index in [2.05, 4.69) is 4.98 Å². The third-order valence-corrected chi connectivity index (χ3v) is 4.16. The van der Waals surface area contributed by atoms with Crippen molar-refractivity contribution in [3.05, 3.63) is 12.4 Å². The van der Waals surface area contributed by atoms with Gasteiger partial charge in [0.1, 0.15) is 0 Å². The second kappa shape index (κ2) is 4.36. The van der Waals surface area contributed by atoms with E-state index in [-0.39, 0.29) is 6.10 Å². The van der Waals surface area contributed by atoms with Crippen LogP contribution in [0.4, 0.5) is 0 Å². The van der Waals surface area contributed by atoms with Crippen LogP contribution in [0.5, 0.6) is 0 Å². The highest BCUT2D eigenvalue weighted by molar-refractivity contribution is 7.99. The topological polar surface area (TPSA) is 38.0 Å². The molecule has 1 N–H and O–H groups in total. The van der Waals surface area contributed by atoms with E-state index in [1.807, 2.05) is 17.8 Å². The lowest BCUT2D eigenvalue weighted by atomic mass is 9.97. The maximum atomic E-state index is 9.80. The van der Waals surface area contributed by atoms with E-state index in [1.165, 1.54) is 12.8 Å². The molecule has 2 rings (SSSR count). The molecule has 1 fully saturated rings. The molecular weight excluding hydrogens is 196 g/mol. The lowest BCUT2D eigenvalue weighted by Gasteiger charge is -2.26. The van der Waals surface area contributed by atoms with Crippen LogP contribution < -0.4 is 0 Å². The zero-order chi connectivity index (χ0) is 9.97. The first-order valence-electron chi connectivity index (χ1n) is 5.09. The molecule has 3 nitrogen and oxygen atoms in total. The molecule has 1 saturated carbocycles. The third-order valence-electron chi connectivity index (χ3n) is 2.70. The quantitative estimate of drug-likeness (QED) is 0.812. The van der Waals surface area contributed by atoms with Gasteiger partial charge in [-0.05, 0) is 12.8 Å². The fourth-order valence-electron chi connectivity index (χ4n) is 1.82. The van der Waals surface area contributed by atoms with Crippen LogP contribution in [0.25, 0.3) is 0 Å². The Balaban J connectivity index is 1.99. The maximum absolute atomic E-state index is 9.80. The molecule has 0 unspecified atom stereocenters. The van der Waals surface area contributed by atoms with Gasteiger partial charge in [-0.3, -0.25) is 0 Å². The van der Waals surface area contributed by atoms with Crippen LogP contribution in [0.1, 0.15) is 25.7 Å². The number of imidazole rings is 1. The molecule has 2 atom stereocenters. The number of aliphatic hydroxyl groups is 1. The maximum Gasteiger partial charge on any atom is 0.168 e. The van der Waals surface area contributed by atoms with Crippen LogP contribution in [-0.2, 0) is 7.05 Å². The summed E-state index contributed by atoms with van der Waals surface area (Å²) >= 11 is 1.71. The van der Waals surface area contributed by atoms with Gasteiger partial charge >= 0.3 is 0 Å². The average molecular weight is 212 g/mol. The summed E-state index contributed by atoms with van der Waals surface area (Å²) in [4.78, 5) is 4.26. The van der Waals surface area contributed by atoms with Crippen LogP contribution in [0.2, 0.25) is 0 Å². The summed E-state index contributed by atoms with van der Waals surface area (Å²) in [5.41, 5.74) is 0. The Bertz CT molecular complexity index is 300. The standard InChI is InChI=1S/C10H16N2OS/c1-12-7-6-11-10(12)14-9-5-3-2-4-8(9)13/h6-9,13H,2-5H2,1H3/t8-,9-/m1/s1. The summed E-state index contributed by atoms with van der Waals surface area (Å²) in [5, 5.41) is 11.1. The van der Waals surface area contributed by atoms with Crippen molar-refractivity contribution in [2.75, 3.05) is 0 Å². The molecule has 0 radical (unpaired) electrons. The van der Waals surface area contributed by atoms with Crippen molar-refractivity contribution in [3.63, 3.8) is 0 Å².